The number of hydrogen-bond donors (Lipinski definition) is 0. The van der Waals surface area contributed by atoms with Crippen LogP contribution in [-0.2, 0) is 9.47 Å². The molecule has 1 aromatic carbocycles. The topological polar surface area (TPSA) is 35.5 Å². The summed E-state index contributed by atoms with van der Waals surface area (Å²) < 4.78 is 11.8. The molecule has 1 saturated heterocycles. The zero-order valence-electron chi connectivity index (χ0n) is 9.22. The van der Waals surface area contributed by atoms with Gasteiger partial charge in [-0.05, 0) is 6.07 Å². The summed E-state index contributed by atoms with van der Waals surface area (Å²) in [6.45, 7) is 1.44. The van der Waals surface area contributed by atoms with Crippen molar-refractivity contribution in [2.75, 3.05) is 19.8 Å². The lowest BCUT2D eigenvalue weighted by Gasteiger charge is -2.21. The van der Waals surface area contributed by atoms with E-state index in [9.17, 15) is 4.79 Å². The van der Waals surface area contributed by atoms with Crippen LogP contribution in [0.5, 0.6) is 0 Å². The van der Waals surface area contributed by atoms with Gasteiger partial charge >= 0.3 is 0 Å². The molecule has 1 aliphatic rings. The van der Waals surface area contributed by atoms with Gasteiger partial charge in [-0.25, -0.2) is 0 Å². The molecule has 1 unspecified atom stereocenters. The van der Waals surface area contributed by atoms with Crippen molar-refractivity contribution in [2.24, 2.45) is 0 Å². The molecule has 1 atom stereocenters. The van der Waals surface area contributed by atoms with Crippen LogP contribution >= 0.6 is 11.3 Å². The van der Waals surface area contributed by atoms with E-state index in [1.807, 2.05) is 29.6 Å². The second kappa shape index (κ2) is 4.56. The minimum absolute atomic E-state index is 0.0298. The first-order valence-corrected chi connectivity index (χ1v) is 6.44. The number of rotatable bonds is 2. The summed E-state index contributed by atoms with van der Waals surface area (Å²) in [7, 11) is 0. The van der Waals surface area contributed by atoms with E-state index < -0.39 is 6.10 Å². The van der Waals surface area contributed by atoms with Gasteiger partial charge in [0.25, 0.3) is 0 Å². The first kappa shape index (κ1) is 10.9. The number of fused-ring (bicyclic) bond motifs is 1. The Morgan fingerprint density at radius 2 is 2.18 bits per heavy atom. The lowest BCUT2D eigenvalue weighted by molar-refractivity contribution is -0.0718. The van der Waals surface area contributed by atoms with E-state index in [0.29, 0.717) is 19.8 Å². The highest BCUT2D eigenvalue weighted by molar-refractivity contribution is 7.17. The van der Waals surface area contributed by atoms with Crippen LogP contribution in [0.2, 0.25) is 0 Å². The molecule has 17 heavy (non-hydrogen) atoms. The van der Waals surface area contributed by atoms with Gasteiger partial charge in [-0.15, -0.1) is 11.3 Å². The molecule has 88 valence electrons. The summed E-state index contributed by atoms with van der Waals surface area (Å²) in [6.07, 6.45) is -0.443. The van der Waals surface area contributed by atoms with Gasteiger partial charge in [-0.2, -0.15) is 0 Å². The van der Waals surface area contributed by atoms with Gasteiger partial charge in [0.15, 0.2) is 5.78 Å². The number of hydrogen-bond acceptors (Lipinski definition) is 4. The number of carbonyl (C=O) groups excluding carboxylic acids is 1. The SMILES string of the molecule is O=C(c1csc2ccccc12)C1COCCO1. The molecular weight excluding hydrogens is 236 g/mol. The lowest BCUT2D eigenvalue weighted by Crippen LogP contribution is -2.35. The van der Waals surface area contributed by atoms with Crippen LogP contribution in [0, 0.1) is 0 Å². The minimum Gasteiger partial charge on any atom is -0.376 e. The van der Waals surface area contributed by atoms with Crippen LogP contribution in [0.25, 0.3) is 10.1 Å². The maximum Gasteiger partial charge on any atom is 0.195 e. The molecule has 0 radical (unpaired) electrons. The highest BCUT2D eigenvalue weighted by atomic mass is 32.1. The Kier molecular flexibility index (Phi) is 2.93. The van der Waals surface area contributed by atoms with Gasteiger partial charge < -0.3 is 9.47 Å². The first-order chi connectivity index (χ1) is 8.36. The average molecular weight is 248 g/mol. The van der Waals surface area contributed by atoms with E-state index in [1.165, 1.54) is 0 Å². The number of benzene rings is 1. The van der Waals surface area contributed by atoms with E-state index in [2.05, 4.69) is 0 Å². The molecule has 2 heterocycles. The molecule has 4 heteroatoms. The third-order valence-corrected chi connectivity index (χ3v) is 3.82. The fourth-order valence-corrected chi connectivity index (χ4v) is 2.93. The Labute approximate surface area is 103 Å². The molecule has 1 aliphatic heterocycles. The normalized spacial score (nSPS) is 20.6. The summed E-state index contributed by atoms with van der Waals surface area (Å²) in [5, 5.41) is 2.92. The van der Waals surface area contributed by atoms with Crippen molar-refractivity contribution < 1.29 is 14.3 Å². The molecule has 2 aromatic rings. The van der Waals surface area contributed by atoms with Gasteiger partial charge in [0.05, 0.1) is 19.8 Å². The zero-order valence-corrected chi connectivity index (χ0v) is 10.0. The summed E-state index contributed by atoms with van der Waals surface area (Å²) in [6, 6.07) is 7.93. The summed E-state index contributed by atoms with van der Waals surface area (Å²) in [4.78, 5) is 12.3. The highest BCUT2D eigenvalue weighted by Gasteiger charge is 2.25. The fourth-order valence-electron chi connectivity index (χ4n) is 1.98. The van der Waals surface area contributed by atoms with Crippen molar-refractivity contribution in [1.29, 1.82) is 0 Å². The van der Waals surface area contributed by atoms with Crippen LogP contribution in [0.3, 0.4) is 0 Å². The monoisotopic (exact) mass is 248 g/mol. The van der Waals surface area contributed by atoms with Gasteiger partial charge in [-0.1, -0.05) is 18.2 Å². The Morgan fingerprint density at radius 1 is 1.29 bits per heavy atom. The zero-order chi connectivity index (χ0) is 11.7. The maximum absolute atomic E-state index is 12.3. The molecule has 0 spiro atoms. The Morgan fingerprint density at radius 3 is 3.00 bits per heavy atom. The van der Waals surface area contributed by atoms with Gasteiger partial charge in [0.2, 0.25) is 0 Å². The van der Waals surface area contributed by atoms with E-state index in [1.54, 1.807) is 11.3 Å². The molecule has 0 bridgehead atoms. The number of thiophene rings is 1. The third kappa shape index (κ3) is 1.99. The van der Waals surface area contributed by atoms with E-state index >= 15 is 0 Å². The van der Waals surface area contributed by atoms with Crippen molar-refractivity contribution in [2.45, 2.75) is 6.10 Å². The number of ether oxygens (including phenoxy) is 2. The van der Waals surface area contributed by atoms with Crippen LogP contribution in [0.1, 0.15) is 10.4 Å². The first-order valence-electron chi connectivity index (χ1n) is 5.56. The molecule has 0 aliphatic carbocycles. The highest BCUT2D eigenvalue weighted by Crippen LogP contribution is 2.27. The minimum atomic E-state index is -0.443. The molecule has 1 fully saturated rings. The molecule has 0 amide bonds. The largest absolute Gasteiger partial charge is 0.376 e. The Bertz CT molecular complexity index is 540. The summed E-state index contributed by atoms with van der Waals surface area (Å²) >= 11 is 1.59. The van der Waals surface area contributed by atoms with Gasteiger partial charge in [0, 0.05) is 21.0 Å². The second-order valence-corrected chi connectivity index (χ2v) is 4.86. The third-order valence-electron chi connectivity index (χ3n) is 2.85. The van der Waals surface area contributed by atoms with E-state index in [4.69, 9.17) is 9.47 Å². The number of carbonyl (C=O) groups is 1. The predicted octanol–water partition coefficient (Wildman–Crippen LogP) is 2.50. The van der Waals surface area contributed by atoms with Gasteiger partial charge in [-0.3, -0.25) is 4.79 Å². The molecule has 0 saturated carbocycles. The lowest BCUT2D eigenvalue weighted by atomic mass is 10.1. The van der Waals surface area contributed by atoms with Crippen molar-refractivity contribution in [1.82, 2.24) is 0 Å². The van der Waals surface area contributed by atoms with Crippen molar-refractivity contribution in [3.05, 3.63) is 35.2 Å². The summed E-state index contributed by atoms with van der Waals surface area (Å²) in [5.41, 5.74) is 0.751. The van der Waals surface area contributed by atoms with Crippen molar-refractivity contribution in [3.8, 4) is 0 Å². The molecule has 3 nitrogen and oxygen atoms in total. The Balaban J connectivity index is 1.95. The van der Waals surface area contributed by atoms with Crippen LogP contribution in [-0.4, -0.2) is 31.7 Å². The molecule has 1 aromatic heterocycles. The van der Waals surface area contributed by atoms with Crippen molar-refractivity contribution >= 4 is 27.2 Å². The fraction of sp³-hybridized carbons (Fsp3) is 0.308. The standard InChI is InChI=1S/C13H12O3S/c14-13(11-7-15-5-6-16-11)10-8-17-12-4-2-1-3-9(10)12/h1-4,8,11H,5-7H2. The van der Waals surface area contributed by atoms with Crippen LogP contribution in [0.4, 0.5) is 0 Å². The molecule has 3 rings (SSSR count). The van der Waals surface area contributed by atoms with Crippen molar-refractivity contribution in [3.63, 3.8) is 0 Å². The predicted molar refractivity (Wildman–Crippen MR) is 66.7 cm³/mol. The number of Topliss-reactive ketones (excluding diaryl/α,β-unsaturated/α-hetero) is 1. The quantitative estimate of drug-likeness (QED) is 0.766. The second-order valence-electron chi connectivity index (χ2n) is 3.94. The Hall–Kier alpha value is -1.23. The van der Waals surface area contributed by atoms with E-state index in [-0.39, 0.29) is 5.78 Å². The molecule has 0 N–H and O–H groups in total. The van der Waals surface area contributed by atoms with Crippen LogP contribution < -0.4 is 0 Å². The summed E-state index contributed by atoms with van der Waals surface area (Å²) in [5.74, 6) is 0.0298. The van der Waals surface area contributed by atoms with Crippen LogP contribution in [0.15, 0.2) is 29.6 Å². The molecular formula is C13H12O3S. The van der Waals surface area contributed by atoms with E-state index in [0.717, 1.165) is 15.6 Å². The number of ketones is 1. The van der Waals surface area contributed by atoms with Gasteiger partial charge in [0.1, 0.15) is 6.10 Å². The average Bonchev–Trinajstić information content (AvgIpc) is 2.83. The maximum atomic E-state index is 12.3. The smallest absolute Gasteiger partial charge is 0.195 e.